The van der Waals surface area contributed by atoms with Crippen LogP contribution in [-0.4, -0.2) is 22.6 Å². The summed E-state index contributed by atoms with van der Waals surface area (Å²) in [6, 6.07) is 7.77. The van der Waals surface area contributed by atoms with E-state index >= 15 is 0 Å². The van der Waals surface area contributed by atoms with Gasteiger partial charge in [-0.25, -0.2) is 0 Å². The van der Waals surface area contributed by atoms with Crippen molar-refractivity contribution in [2.24, 2.45) is 5.92 Å². The molecule has 1 heterocycles. The fourth-order valence-electron chi connectivity index (χ4n) is 1.77. The Morgan fingerprint density at radius 3 is 2.80 bits per heavy atom. The van der Waals surface area contributed by atoms with Crippen molar-refractivity contribution in [1.82, 2.24) is 15.5 Å². The summed E-state index contributed by atoms with van der Waals surface area (Å²) in [7, 11) is 0. The number of rotatable bonds is 5. The van der Waals surface area contributed by atoms with Crippen LogP contribution in [0.1, 0.15) is 25.2 Å². The molecule has 0 saturated heterocycles. The summed E-state index contributed by atoms with van der Waals surface area (Å²) in [4.78, 5) is 16.0. The Morgan fingerprint density at radius 1 is 1.35 bits per heavy atom. The quantitative estimate of drug-likeness (QED) is 0.908. The van der Waals surface area contributed by atoms with Gasteiger partial charge in [0.2, 0.25) is 5.91 Å². The minimum Gasteiger partial charge on any atom is -0.355 e. The van der Waals surface area contributed by atoms with E-state index in [-0.39, 0.29) is 12.3 Å². The van der Waals surface area contributed by atoms with E-state index in [1.807, 2.05) is 45.0 Å². The van der Waals surface area contributed by atoms with E-state index in [1.165, 1.54) is 0 Å². The number of amides is 1. The van der Waals surface area contributed by atoms with Crippen LogP contribution in [0.25, 0.3) is 11.5 Å². The highest BCUT2D eigenvalue weighted by molar-refractivity contribution is 5.77. The number of carbonyl (C=O) groups excluding carboxylic acids is 1. The molecule has 1 aromatic heterocycles. The van der Waals surface area contributed by atoms with Crippen molar-refractivity contribution >= 4 is 5.91 Å². The average Bonchev–Trinajstić information content (AvgIpc) is 2.85. The van der Waals surface area contributed by atoms with E-state index in [2.05, 4.69) is 15.5 Å². The van der Waals surface area contributed by atoms with Crippen molar-refractivity contribution in [1.29, 1.82) is 0 Å². The van der Waals surface area contributed by atoms with Gasteiger partial charge in [-0.05, 0) is 24.5 Å². The van der Waals surface area contributed by atoms with Crippen molar-refractivity contribution in [3.63, 3.8) is 0 Å². The van der Waals surface area contributed by atoms with Crippen LogP contribution in [0.3, 0.4) is 0 Å². The molecule has 0 saturated carbocycles. The van der Waals surface area contributed by atoms with Crippen molar-refractivity contribution < 1.29 is 9.32 Å². The zero-order valence-electron chi connectivity index (χ0n) is 12.0. The van der Waals surface area contributed by atoms with Gasteiger partial charge in [-0.1, -0.05) is 37.2 Å². The summed E-state index contributed by atoms with van der Waals surface area (Å²) in [5.41, 5.74) is 1.96. The number of hydrogen-bond acceptors (Lipinski definition) is 4. The first-order chi connectivity index (χ1) is 9.56. The maximum Gasteiger partial charge on any atom is 0.258 e. The summed E-state index contributed by atoms with van der Waals surface area (Å²) >= 11 is 0. The molecule has 1 aromatic carbocycles. The molecule has 20 heavy (non-hydrogen) atoms. The molecular weight excluding hydrogens is 254 g/mol. The smallest absolute Gasteiger partial charge is 0.258 e. The van der Waals surface area contributed by atoms with Crippen LogP contribution in [0.15, 0.2) is 28.8 Å². The van der Waals surface area contributed by atoms with Gasteiger partial charge >= 0.3 is 0 Å². The Kier molecular flexibility index (Phi) is 4.50. The van der Waals surface area contributed by atoms with Gasteiger partial charge in [0, 0.05) is 12.1 Å². The molecule has 5 nitrogen and oxygen atoms in total. The number of nitrogens with zero attached hydrogens (tertiary/aromatic N) is 2. The highest BCUT2D eigenvalue weighted by atomic mass is 16.5. The summed E-state index contributed by atoms with van der Waals surface area (Å²) in [6.07, 6.45) is 0.141. The normalized spacial score (nSPS) is 10.8. The van der Waals surface area contributed by atoms with Crippen molar-refractivity contribution in [2.45, 2.75) is 27.2 Å². The molecule has 0 aliphatic heterocycles. The topological polar surface area (TPSA) is 68.0 Å². The largest absolute Gasteiger partial charge is 0.355 e. The molecule has 2 aromatic rings. The molecular formula is C15H19N3O2. The molecule has 0 radical (unpaired) electrons. The molecule has 0 bridgehead atoms. The highest BCUT2D eigenvalue weighted by Crippen LogP contribution is 2.20. The molecule has 0 fully saturated rings. The van der Waals surface area contributed by atoms with Crippen LogP contribution in [0.2, 0.25) is 0 Å². The van der Waals surface area contributed by atoms with Crippen LogP contribution in [0.4, 0.5) is 0 Å². The van der Waals surface area contributed by atoms with Crippen LogP contribution >= 0.6 is 0 Å². The Hall–Kier alpha value is -2.17. The maximum atomic E-state index is 11.7. The van der Waals surface area contributed by atoms with Gasteiger partial charge in [0.05, 0.1) is 6.42 Å². The lowest BCUT2D eigenvalue weighted by Crippen LogP contribution is -2.29. The first kappa shape index (κ1) is 14.2. The average molecular weight is 273 g/mol. The summed E-state index contributed by atoms with van der Waals surface area (Å²) in [6.45, 7) is 6.73. The van der Waals surface area contributed by atoms with E-state index in [1.54, 1.807) is 0 Å². The number of nitrogens with one attached hydrogen (secondary N) is 1. The molecule has 0 spiro atoms. The predicted molar refractivity (Wildman–Crippen MR) is 76.0 cm³/mol. The van der Waals surface area contributed by atoms with Gasteiger partial charge in [-0.3, -0.25) is 4.79 Å². The second-order valence-electron chi connectivity index (χ2n) is 5.21. The first-order valence-electron chi connectivity index (χ1n) is 6.71. The summed E-state index contributed by atoms with van der Waals surface area (Å²) < 4.78 is 5.22. The monoisotopic (exact) mass is 273 g/mol. The SMILES string of the molecule is Cc1ccccc1-c1nc(CC(=O)NCC(C)C)no1. The van der Waals surface area contributed by atoms with E-state index < -0.39 is 0 Å². The minimum atomic E-state index is -0.0872. The van der Waals surface area contributed by atoms with Crippen LogP contribution in [0, 0.1) is 12.8 Å². The molecule has 1 N–H and O–H groups in total. The zero-order chi connectivity index (χ0) is 14.5. The molecule has 106 valence electrons. The lowest BCUT2D eigenvalue weighted by molar-refractivity contribution is -0.120. The number of carbonyl (C=O) groups is 1. The Morgan fingerprint density at radius 2 is 2.10 bits per heavy atom. The van der Waals surface area contributed by atoms with Crippen molar-refractivity contribution in [3.8, 4) is 11.5 Å². The van der Waals surface area contributed by atoms with Crippen molar-refractivity contribution in [2.75, 3.05) is 6.54 Å². The number of aromatic nitrogens is 2. The molecule has 0 aliphatic carbocycles. The van der Waals surface area contributed by atoms with E-state index in [4.69, 9.17) is 4.52 Å². The molecule has 1 amide bonds. The van der Waals surface area contributed by atoms with Gasteiger partial charge < -0.3 is 9.84 Å². The Balaban J connectivity index is 2.03. The molecule has 0 atom stereocenters. The molecule has 5 heteroatoms. The molecule has 2 rings (SSSR count). The summed E-state index contributed by atoms with van der Waals surface area (Å²) in [5, 5.41) is 6.68. The third kappa shape index (κ3) is 3.66. The standard InChI is InChI=1S/C15H19N3O2/c1-10(2)9-16-14(19)8-13-17-15(20-18-13)12-7-5-4-6-11(12)3/h4-7,10H,8-9H2,1-3H3,(H,16,19). The van der Waals surface area contributed by atoms with Crippen LogP contribution < -0.4 is 5.32 Å². The van der Waals surface area contributed by atoms with Gasteiger partial charge in [-0.2, -0.15) is 4.98 Å². The maximum absolute atomic E-state index is 11.7. The Bertz CT molecular complexity index is 590. The number of benzene rings is 1. The third-order valence-electron chi connectivity index (χ3n) is 2.87. The summed E-state index contributed by atoms with van der Waals surface area (Å²) in [5.74, 6) is 1.20. The van der Waals surface area contributed by atoms with Gasteiger partial charge in [0.15, 0.2) is 5.82 Å². The fraction of sp³-hybridized carbons (Fsp3) is 0.400. The number of aryl methyl sites for hydroxylation is 1. The van der Waals surface area contributed by atoms with Gasteiger partial charge in [0.25, 0.3) is 5.89 Å². The van der Waals surface area contributed by atoms with E-state index in [0.717, 1.165) is 11.1 Å². The lowest BCUT2D eigenvalue weighted by atomic mass is 10.1. The first-order valence-corrected chi connectivity index (χ1v) is 6.71. The molecule has 0 aliphatic rings. The number of hydrogen-bond donors (Lipinski definition) is 1. The Labute approximate surface area is 118 Å². The highest BCUT2D eigenvalue weighted by Gasteiger charge is 2.13. The predicted octanol–water partition coefficient (Wildman–Crippen LogP) is 2.36. The van der Waals surface area contributed by atoms with Crippen molar-refractivity contribution in [3.05, 3.63) is 35.7 Å². The van der Waals surface area contributed by atoms with E-state index in [9.17, 15) is 4.79 Å². The molecule has 0 unspecified atom stereocenters. The minimum absolute atomic E-state index is 0.0872. The second-order valence-corrected chi connectivity index (χ2v) is 5.21. The van der Waals surface area contributed by atoms with Crippen LogP contribution in [0.5, 0.6) is 0 Å². The fourth-order valence-corrected chi connectivity index (χ4v) is 1.77. The van der Waals surface area contributed by atoms with Gasteiger partial charge in [-0.15, -0.1) is 0 Å². The van der Waals surface area contributed by atoms with Gasteiger partial charge in [0.1, 0.15) is 0 Å². The van der Waals surface area contributed by atoms with E-state index in [0.29, 0.717) is 24.2 Å². The zero-order valence-corrected chi connectivity index (χ0v) is 12.0. The second kappa shape index (κ2) is 6.32. The lowest BCUT2D eigenvalue weighted by Gasteiger charge is -2.05. The van der Waals surface area contributed by atoms with Crippen LogP contribution in [-0.2, 0) is 11.2 Å². The third-order valence-corrected chi connectivity index (χ3v) is 2.87.